The van der Waals surface area contributed by atoms with Crippen LogP contribution in [0.5, 0.6) is 0 Å². The molecule has 0 aromatic heterocycles. The van der Waals surface area contributed by atoms with Crippen LogP contribution in [0.2, 0.25) is 0 Å². The highest BCUT2D eigenvalue weighted by Crippen LogP contribution is 2.22. The summed E-state index contributed by atoms with van der Waals surface area (Å²) in [6.45, 7) is 1.17. The molecule has 2 N–H and O–H groups in total. The lowest BCUT2D eigenvalue weighted by molar-refractivity contribution is -0.385. The highest BCUT2D eigenvalue weighted by molar-refractivity contribution is 5.53. The number of benzene rings is 1. The summed E-state index contributed by atoms with van der Waals surface area (Å²) >= 11 is 0. The number of non-ortho nitro benzene ring substituents is 1. The normalized spacial score (nSPS) is 10.2. The zero-order valence-corrected chi connectivity index (χ0v) is 9.02. The topological polar surface area (TPSA) is 72.4 Å². The molecule has 1 rings (SSSR count). The molecular weight excluding hydrogens is 213 g/mol. The summed E-state index contributed by atoms with van der Waals surface area (Å²) in [5.74, 6) is -0.608. The molecule has 0 unspecified atom stereocenters. The molecule has 0 spiro atoms. The van der Waals surface area contributed by atoms with Crippen LogP contribution in [0, 0.1) is 15.9 Å². The molecule has 0 aliphatic heterocycles. The summed E-state index contributed by atoms with van der Waals surface area (Å²) in [6.07, 6.45) is 0.751. The number of hydrogen-bond donors (Lipinski definition) is 1. The van der Waals surface area contributed by atoms with E-state index in [4.69, 9.17) is 5.73 Å². The Bertz CT molecular complexity index is 384. The van der Waals surface area contributed by atoms with Crippen molar-refractivity contribution in [3.63, 3.8) is 0 Å². The molecule has 0 amide bonds. The molecule has 1 aromatic rings. The minimum absolute atomic E-state index is 0.241. The van der Waals surface area contributed by atoms with Crippen LogP contribution in [-0.2, 0) is 0 Å². The van der Waals surface area contributed by atoms with Crippen LogP contribution in [0.1, 0.15) is 6.42 Å². The van der Waals surface area contributed by atoms with Crippen molar-refractivity contribution in [2.45, 2.75) is 6.42 Å². The van der Waals surface area contributed by atoms with E-state index in [9.17, 15) is 14.5 Å². The maximum atomic E-state index is 13.1. The first-order valence-corrected chi connectivity index (χ1v) is 4.91. The van der Waals surface area contributed by atoms with Gasteiger partial charge >= 0.3 is 0 Å². The number of hydrogen-bond acceptors (Lipinski definition) is 4. The largest absolute Gasteiger partial charge is 0.374 e. The van der Waals surface area contributed by atoms with Gasteiger partial charge in [0.15, 0.2) is 0 Å². The lowest BCUT2D eigenvalue weighted by atomic mass is 10.2. The molecule has 0 aliphatic rings. The van der Waals surface area contributed by atoms with E-state index in [2.05, 4.69) is 0 Å². The summed E-state index contributed by atoms with van der Waals surface area (Å²) in [5, 5.41) is 10.5. The zero-order chi connectivity index (χ0) is 12.1. The van der Waals surface area contributed by atoms with Gasteiger partial charge in [0.2, 0.25) is 0 Å². The van der Waals surface area contributed by atoms with E-state index >= 15 is 0 Å². The van der Waals surface area contributed by atoms with Gasteiger partial charge in [0, 0.05) is 25.3 Å². The molecule has 6 heteroatoms. The molecule has 0 radical (unpaired) electrons. The Hall–Kier alpha value is -1.69. The minimum atomic E-state index is -0.608. The van der Waals surface area contributed by atoms with Gasteiger partial charge in [0.25, 0.3) is 5.69 Å². The van der Waals surface area contributed by atoms with Gasteiger partial charge in [0.1, 0.15) is 5.82 Å². The number of anilines is 1. The number of nitro groups is 1. The van der Waals surface area contributed by atoms with Gasteiger partial charge in [-0.1, -0.05) is 0 Å². The van der Waals surface area contributed by atoms with Gasteiger partial charge in [-0.2, -0.15) is 0 Å². The molecule has 16 heavy (non-hydrogen) atoms. The van der Waals surface area contributed by atoms with Crippen molar-refractivity contribution in [1.29, 1.82) is 0 Å². The molecule has 0 saturated heterocycles. The van der Waals surface area contributed by atoms with Crippen LogP contribution in [0.4, 0.5) is 15.8 Å². The monoisotopic (exact) mass is 227 g/mol. The summed E-state index contributed by atoms with van der Waals surface area (Å²) in [6, 6.07) is 3.52. The van der Waals surface area contributed by atoms with E-state index in [0.717, 1.165) is 12.5 Å². The zero-order valence-electron chi connectivity index (χ0n) is 9.02. The van der Waals surface area contributed by atoms with Crippen LogP contribution in [0.25, 0.3) is 0 Å². The fraction of sp³-hybridized carbons (Fsp3) is 0.400. The third-order valence-electron chi connectivity index (χ3n) is 2.22. The first kappa shape index (κ1) is 12.4. The van der Waals surface area contributed by atoms with Crippen molar-refractivity contribution < 1.29 is 9.31 Å². The summed E-state index contributed by atoms with van der Waals surface area (Å²) < 4.78 is 13.1. The highest BCUT2D eigenvalue weighted by Gasteiger charge is 2.11. The average Bonchev–Trinajstić information content (AvgIpc) is 2.24. The molecule has 88 valence electrons. The summed E-state index contributed by atoms with van der Waals surface area (Å²) in [4.78, 5) is 11.7. The predicted octanol–water partition coefficient (Wildman–Crippen LogP) is 1.52. The second-order valence-corrected chi connectivity index (χ2v) is 3.49. The molecule has 0 aliphatic carbocycles. The smallest absolute Gasteiger partial charge is 0.274 e. The maximum Gasteiger partial charge on any atom is 0.274 e. The quantitative estimate of drug-likeness (QED) is 0.611. The van der Waals surface area contributed by atoms with E-state index < -0.39 is 10.7 Å². The number of nitro benzene ring substituents is 1. The standard InChI is InChI=1S/C10H14FN3O2/c1-13(4-2-3-12)9-5-8(11)6-10(7-9)14(15)16/h5-7H,2-4,12H2,1H3. The maximum absolute atomic E-state index is 13.1. The first-order valence-electron chi connectivity index (χ1n) is 4.91. The van der Waals surface area contributed by atoms with Crippen LogP contribution in [-0.4, -0.2) is 25.1 Å². The SMILES string of the molecule is CN(CCCN)c1cc(F)cc([N+](=O)[O-])c1. The molecule has 0 heterocycles. The van der Waals surface area contributed by atoms with Gasteiger partial charge in [-0.3, -0.25) is 10.1 Å². The fourth-order valence-electron chi connectivity index (χ4n) is 1.34. The van der Waals surface area contributed by atoms with E-state index in [1.807, 2.05) is 0 Å². The van der Waals surface area contributed by atoms with Gasteiger partial charge in [-0.15, -0.1) is 0 Å². The Kier molecular flexibility index (Phi) is 4.19. The van der Waals surface area contributed by atoms with Crippen LogP contribution >= 0.6 is 0 Å². The molecule has 0 atom stereocenters. The van der Waals surface area contributed by atoms with Gasteiger partial charge in [0.05, 0.1) is 11.0 Å². The van der Waals surface area contributed by atoms with Crippen LogP contribution < -0.4 is 10.6 Å². The van der Waals surface area contributed by atoms with E-state index in [-0.39, 0.29) is 5.69 Å². The van der Waals surface area contributed by atoms with Crippen molar-refractivity contribution in [3.05, 3.63) is 34.1 Å². The fourth-order valence-corrected chi connectivity index (χ4v) is 1.34. The lowest BCUT2D eigenvalue weighted by Gasteiger charge is -2.18. The summed E-state index contributed by atoms with van der Waals surface area (Å²) in [7, 11) is 1.74. The predicted molar refractivity (Wildman–Crippen MR) is 60.0 cm³/mol. The highest BCUT2D eigenvalue weighted by atomic mass is 19.1. The van der Waals surface area contributed by atoms with Gasteiger partial charge in [-0.25, -0.2) is 4.39 Å². The van der Waals surface area contributed by atoms with Crippen molar-refractivity contribution in [3.8, 4) is 0 Å². The Labute approximate surface area is 92.8 Å². The number of nitrogens with zero attached hydrogens (tertiary/aromatic N) is 2. The second-order valence-electron chi connectivity index (χ2n) is 3.49. The third kappa shape index (κ3) is 3.16. The molecule has 0 saturated carbocycles. The number of nitrogens with two attached hydrogens (primary N) is 1. The van der Waals surface area contributed by atoms with Crippen molar-refractivity contribution in [2.24, 2.45) is 5.73 Å². The second kappa shape index (κ2) is 5.41. The Morgan fingerprint density at radius 3 is 2.75 bits per heavy atom. The number of rotatable bonds is 5. The molecule has 1 aromatic carbocycles. The van der Waals surface area contributed by atoms with Gasteiger partial charge in [-0.05, 0) is 19.0 Å². The number of halogens is 1. The molecule has 0 bridgehead atoms. The lowest BCUT2D eigenvalue weighted by Crippen LogP contribution is -2.21. The van der Waals surface area contributed by atoms with Crippen molar-refractivity contribution in [2.75, 3.05) is 25.0 Å². The average molecular weight is 227 g/mol. The van der Waals surface area contributed by atoms with E-state index in [0.29, 0.717) is 18.8 Å². The molecule has 5 nitrogen and oxygen atoms in total. The Morgan fingerprint density at radius 2 is 2.19 bits per heavy atom. The van der Waals surface area contributed by atoms with Crippen molar-refractivity contribution >= 4 is 11.4 Å². The third-order valence-corrected chi connectivity index (χ3v) is 2.22. The van der Waals surface area contributed by atoms with Crippen LogP contribution in [0.15, 0.2) is 18.2 Å². The van der Waals surface area contributed by atoms with Crippen molar-refractivity contribution in [1.82, 2.24) is 0 Å². The molecule has 0 fully saturated rings. The Balaban J connectivity index is 2.91. The van der Waals surface area contributed by atoms with Crippen LogP contribution in [0.3, 0.4) is 0 Å². The first-order chi connectivity index (χ1) is 7.54. The minimum Gasteiger partial charge on any atom is -0.374 e. The van der Waals surface area contributed by atoms with E-state index in [1.165, 1.54) is 12.1 Å². The van der Waals surface area contributed by atoms with Gasteiger partial charge < -0.3 is 10.6 Å². The molecular formula is C10H14FN3O2. The Morgan fingerprint density at radius 1 is 1.50 bits per heavy atom. The summed E-state index contributed by atoms with van der Waals surface area (Å²) in [5.41, 5.74) is 5.60. The van der Waals surface area contributed by atoms with E-state index in [1.54, 1.807) is 11.9 Å².